The van der Waals surface area contributed by atoms with E-state index in [1.54, 1.807) is 0 Å². The predicted molar refractivity (Wildman–Crippen MR) is 111 cm³/mol. The monoisotopic (exact) mass is 383 g/mol. The third kappa shape index (κ3) is 4.25. The van der Waals surface area contributed by atoms with Crippen molar-refractivity contribution >= 4 is 24.8 Å². The van der Waals surface area contributed by atoms with Gasteiger partial charge in [-0.05, 0) is 28.3 Å². The minimum Gasteiger partial charge on any atom is -0.447 e. The summed E-state index contributed by atoms with van der Waals surface area (Å²) in [6.07, 6.45) is 1.44. The van der Waals surface area contributed by atoms with Gasteiger partial charge in [0.25, 0.3) is 8.32 Å². The predicted octanol–water partition coefficient (Wildman–Crippen LogP) is 3.45. The van der Waals surface area contributed by atoms with Crippen LogP contribution in [0.15, 0.2) is 60.7 Å². The smallest absolute Gasteiger partial charge is 0.407 e. The van der Waals surface area contributed by atoms with Gasteiger partial charge in [0.05, 0.1) is 6.04 Å². The van der Waals surface area contributed by atoms with Crippen molar-refractivity contribution in [3.8, 4) is 0 Å². The lowest BCUT2D eigenvalue weighted by molar-refractivity contribution is 0.176. The number of nitrogens with one attached hydrogen (secondary N) is 1. The van der Waals surface area contributed by atoms with E-state index in [-0.39, 0.29) is 17.2 Å². The van der Waals surface area contributed by atoms with Crippen LogP contribution in [0.1, 0.15) is 33.6 Å². The molecule has 1 amide bonds. The van der Waals surface area contributed by atoms with Crippen LogP contribution in [0.25, 0.3) is 0 Å². The lowest BCUT2D eigenvalue weighted by Crippen LogP contribution is -2.66. The maximum atomic E-state index is 11.2. The first-order valence-corrected chi connectivity index (χ1v) is 11.5. The van der Waals surface area contributed by atoms with E-state index in [1.165, 1.54) is 10.4 Å². The quantitative estimate of drug-likeness (QED) is 0.588. The second kappa shape index (κ2) is 8.27. The highest BCUT2D eigenvalue weighted by Crippen LogP contribution is 2.36. The molecule has 1 heterocycles. The molecule has 0 bridgehead atoms. The molecule has 0 saturated carbocycles. The maximum absolute atomic E-state index is 11.2. The number of carbonyl (C=O) groups excluding carboxylic acids is 1. The highest BCUT2D eigenvalue weighted by molar-refractivity contribution is 6.99. The molecule has 0 radical (unpaired) electrons. The van der Waals surface area contributed by atoms with Crippen molar-refractivity contribution in [2.45, 2.75) is 44.7 Å². The van der Waals surface area contributed by atoms with E-state index in [0.29, 0.717) is 13.2 Å². The standard InChI is InChI=1S/C22H29NO3Si/c1-22(2,3)27(19-12-6-4-7-13-19,20-14-8-5-9-15-20)26-16-10-11-18-17-25-21(24)23-18/h4-9,12-15,18H,10-11,16-17H2,1-3H3,(H,23,24). The van der Waals surface area contributed by atoms with Crippen molar-refractivity contribution < 1.29 is 14.0 Å². The molecule has 3 rings (SSSR count). The summed E-state index contributed by atoms with van der Waals surface area (Å²) in [6.45, 7) is 7.97. The number of alkyl carbamates (subject to hydrolysis) is 1. The SMILES string of the molecule is CC(C)(C)[Si](OCCCC1COC(=O)N1)(c1ccccc1)c1ccccc1. The summed E-state index contributed by atoms with van der Waals surface area (Å²) in [5, 5.41) is 5.41. The number of cyclic esters (lactones) is 1. The molecule has 4 nitrogen and oxygen atoms in total. The molecule has 1 N–H and O–H groups in total. The van der Waals surface area contributed by atoms with E-state index in [4.69, 9.17) is 9.16 Å². The molecule has 27 heavy (non-hydrogen) atoms. The molecule has 1 aliphatic heterocycles. The summed E-state index contributed by atoms with van der Waals surface area (Å²) < 4.78 is 11.8. The van der Waals surface area contributed by atoms with Crippen molar-refractivity contribution in [1.29, 1.82) is 0 Å². The summed E-state index contributed by atoms with van der Waals surface area (Å²) in [7, 11) is -2.46. The molecule has 2 aromatic rings. The Labute approximate surface area is 163 Å². The zero-order valence-electron chi connectivity index (χ0n) is 16.4. The fourth-order valence-electron chi connectivity index (χ4n) is 3.90. The van der Waals surface area contributed by atoms with Crippen molar-refractivity contribution in [1.82, 2.24) is 5.32 Å². The van der Waals surface area contributed by atoms with Gasteiger partial charge in [0.2, 0.25) is 0 Å². The minimum atomic E-state index is -2.46. The average molecular weight is 384 g/mol. The van der Waals surface area contributed by atoms with Crippen LogP contribution in [0.2, 0.25) is 5.04 Å². The van der Waals surface area contributed by atoms with Gasteiger partial charge in [-0.25, -0.2) is 4.79 Å². The second-order valence-electron chi connectivity index (χ2n) is 8.09. The van der Waals surface area contributed by atoms with E-state index in [0.717, 1.165) is 12.8 Å². The lowest BCUT2D eigenvalue weighted by atomic mass is 10.2. The van der Waals surface area contributed by atoms with Gasteiger partial charge < -0.3 is 14.5 Å². The molecule has 1 fully saturated rings. The molecule has 1 unspecified atom stereocenters. The van der Waals surface area contributed by atoms with Gasteiger partial charge in [-0.1, -0.05) is 81.4 Å². The first kappa shape index (κ1) is 19.6. The van der Waals surface area contributed by atoms with Crippen LogP contribution in [0.4, 0.5) is 4.79 Å². The number of hydrogen-bond donors (Lipinski definition) is 1. The number of carbonyl (C=O) groups is 1. The van der Waals surface area contributed by atoms with Gasteiger partial charge in [-0.2, -0.15) is 0 Å². The van der Waals surface area contributed by atoms with Gasteiger partial charge in [-0.3, -0.25) is 0 Å². The first-order chi connectivity index (χ1) is 12.9. The average Bonchev–Trinajstić information content (AvgIpc) is 3.07. The van der Waals surface area contributed by atoms with Crippen LogP contribution in [-0.4, -0.2) is 33.7 Å². The largest absolute Gasteiger partial charge is 0.447 e. The fourth-order valence-corrected chi connectivity index (χ4v) is 8.50. The molecule has 0 aliphatic carbocycles. The number of amides is 1. The Morgan fingerprint density at radius 3 is 2.04 bits per heavy atom. The molecule has 1 atom stereocenters. The number of rotatable bonds is 7. The Morgan fingerprint density at radius 2 is 1.59 bits per heavy atom. The van der Waals surface area contributed by atoms with Crippen LogP contribution >= 0.6 is 0 Å². The molecule has 144 valence electrons. The summed E-state index contributed by atoms with van der Waals surface area (Å²) >= 11 is 0. The van der Waals surface area contributed by atoms with Crippen LogP contribution in [0.3, 0.4) is 0 Å². The third-order valence-electron chi connectivity index (χ3n) is 5.17. The third-order valence-corrected chi connectivity index (χ3v) is 10.2. The summed E-state index contributed by atoms with van der Waals surface area (Å²) in [5.41, 5.74) is 0. The zero-order chi connectivity index (χ0) is 19.3. The Kier molecular flexibility index (Phi) is 6.02. The second-order valence-corrected chi connectivity index (χ2v) is 12.4. The molecule has 0 spiro atoms. The molecule has 0 aromatic heterocycles. The van der Waals surface area contributed by atoms with Gasteiger partial charge in [0.15, 0.2) is 0 Å². The van der Waals surface area contributed by atoms with Crippen molar-refractivity contribution in [2.75, 3.05) is 13.2 Å². The van der Waals surface area contributed by atoms with E-state index in [9.17, 15) is 4.79 Å². The Bertz CT molecular complexity index is 704. The molecule has 5 heteroatoms. The van der Waals surface area contributed by atoms with Crippen molar-refractivity contribution in [3.05, 3.63) is 60.7 Å². The van der Waals surface area contributed by atoms with E-state index in [1.807, 2.05) is 0 Å². The van der Waals surface area contributed by atoms with Gasteiger partial charge >= 0.3 is 6.09 Å². The highest BCUT2D eigenvalue weighted by Gasteiger charge is 2.49. The highest BCUT2D eigenvalue weighted by atomic mass is 28.4. The molecular formula is C22H29NO3Si. The number of benzene rings is 2. The van der Waals surface area contributed by atoms with Gasteiger partial charge in [-0.15, -0.1) is 0 Å². The minimum absolute atomic E-state index is 0.0135. The van der Waals surface area contributed by atoms with Crippen molar-refractivity contribution in [3.63, 3.8) is 0 Å². The van der Waals surface area contributed by atoms with Crippen LogP contribution < -0.4 is 15.7 Å². The van der Waals surface area contributed by atoms with E-state index >= 15 is 0 Å². The number of hydrogen-bond acceptors (Lipinski definition) is 3. The van der Waals surface area contributed by atoms with E-state index < -0.39 is 8.32 Å². The molecule has 1 saturated heterocycles. The maximum Gasteiger partial charge on any atom is 0.407 e. The van der Waals surface area contributed by atoms with Crippen LogP contribution in [0.5, 0.6) is 0 Å². The topological polar surface area (TPSA) is 47.6 Å². The van der Waals surface area contributed by atoms with Gasteiger partial charge in [0, 0.05) is 6.61 Å². The summed E-state index contributed by atoms with van der Waals surface area (Å²) in [4.78, 5) is 11.2. The Balaban J connectivity index is 1.84. The molecular weight excluding hydrogens is 354 g/mol. The first-order valence-electron chi connectivity index (χ1n) is 9.62. The Morgan fingerprint density at radius 1 is 1.04 bits per heavy atom. The normalized spacial score (nSPS) is 17.4. The lowest BCUT2D eigenvalue weighted by Gasteiger charge is -2.43. The Hall–Kier alpha value is -2.11. The zero-order valence-corrected chi connectivity index (χ0v) is 17.4. The summed E-state index contributed by atoms with van der Waals surface area (Å²) in [5.74, 6) is 0. The van der Waals surface area contributed by atoms with Crippen LogP contribution in [-0.2, 0) is 9.16 Å². The van der Waals surface area contributed by atoms with Crippen LogP contribution in [0, 0.1) is 0 Å². The summed E-state index contributed by atoms with van der Waals surface area (Å²) in [6, 6.07) is 21.4. The molecule has 2 aromatic carbocycles. The van der Waals surface area contributed by atoms with E-state index in [2.05, 4.69) is 86.8 Å². The fraction of sp³-hybridized carbons (Fsp3) is 0.409. The van der Waals surface area contributed by atoms with Crippen molar-refractivity contribution in [2.24, 2.45) is 0 Å². The molecule has 1 aliphatic rings. The number of ether oxygens (including phenoxy) is 1. The van der Waals surface area contributed by atoms with Gasteiger partial charge in [0.1, 0.15) is 6.61 Å².